The van der Waals surface area contributed by atoms with Gasteiger partial charge in [-0.1, -0.05) is 19.1 Å². The van der Waals surface area contributed by atoms with Gasteiger partial charge in [-0.3, -0.25) is 9.69 Å². The van der Waals surface area contributed by atoms with E-state index < -0.39 is 0 Å². The highest BCUT2D eigenvalue weighted by Gasteiger charge is 2.28. The number of amides is 1. The fourth-order valence-electron chi connectivity index (χ4n) is 3.87. The van der Waals surface area contributed by atoms with E-state index in [0.29, 0.717) is 6.42 Å². The van der Waals surface area contributed by atoms with Crippen molar-refractivity contribution in [3.8, 4) is 0 Å². The Hall–Kier alpha value is -0.970. The van der Waals surface area contributed by atoms with Crippen LogP contribution in [0.4, 0.5) is 5.69 Å². The maximum Gasteiger partial charge on any atom is 0.227 e. The van der Waals surface area contributed by atoms with Crippen molar-refractivity contribution in [1.82, 2.24) is 9.80 Å². The number of hydrogen-bond donors (Lipinski definition) is 1. The molecule has 1 aromatic carbocycles. The number of anilines is 1. The van der Waals surface area contributed by atoms with E-state index >= 15 is 0 Å². The molecule has 2 aliphatic rings. The van der Waals surface area contributed by atoms with Gasteiger partial charge in [0.2, 0.25) is 5.91 Å². The standard InChI is InChI=1S/C19H29N3O.2ClH/c1-15-2-8-18(9-3-15)21-10-12-22(13-11-21)19(23)14-16-4-6-17(20)7-5-16;;/h4-7,15,18H,2-3,8-14,20H2,1H3;2*1H. The van der Waals surface area contributed by atoms with Crippen LogP contribution in [0, 0.1) is 5.92 Å². The molecule has 1 aliphatic carbocycles. The first-order valence-corrected chi connectivity index (χ1v) is 8.98. The molecule has 6 heteroatoms. The van der Waals surface area contributed by atoms with Gasteiger partial charge in [-0.2, -0.15) is 0 Å². The van der Waals surface area contributed by atoms with Crippen LogP contribution in [0.5, 0.6) is 0 Å². The molecule has 1 aromatic rings. The molecule has 25 heavy (non-hydrogen) atoms. The third-order valence-electron chi connectivity index (χ3n) is 5.50. The van der Waals surface area contributed by atoms with Gasteiger partial charge >= 0.3 is 0 Å². The van der Waals surface area contributed by atoms with E-state index in [4.69, 9.17) is 5.73 Å². The molecular weight excluding hydrogens is 357 g/mol. The van der Waals surface area contributed by atoms with Gasteiger partial charge < -0.3 is 10.6 Å². The topological polar surface area (TPSA) is 49.6 Å². The molecule has 0 radical (unpaired) electrons. The molecule has 0 bridgehead atoms. The van der Waals surface area contributed by atoms with Crippen LogP contribution in [0.25, 0.3) is 0 Å². The molecular formula is C19H31Cl2N3O. The Morgan fingerprint density at radius 2 is 1.56 bits per heavy atom. The molecule has 2 fully saturated rings. The fraction of sp³-hybridized carbons (Fsp3) is 0.632. The molecule has 1 saturated carbocycles. The molecule has 1 heterocycles. The third kappa shape index (κ3) is 6.05. The molecule has 0 spiro atoms. The number of carbonyl (C=O) groups is 1. The summed E-state index contributed by atoms with van der Waals surface area (Å²) >= 11 is 0. The van der Waals surface area contributed by atoms with Gasteiger partial charge in [0, 0.05) is 37.9 Å². The highest BCUT2D eigenvalue weighted by molar-refractivity contribution is 5.85. The number of halogens is 2. The van der Waals surface area contributed by atoms with Crippen molar-refractivity contribution < 1.29 is 4.79 Å². The van der Waals surface area contributed by atoms with Gasteiger partial charge in [0.1, 0.15) is 0 Å². The van der Waals surface area contributed by atoms with E-state index in [1.807, 2.05) is 29.2 Å². The molecule has 3 rings (SSSR count). The van der Waals surface area contributed by atoms with E-state index in [1.54, 1.807) is 0 Å². The smallest absolute Gasteiger partial charge is 0.227 e. The summed E-state index contributed by atoms with van der Waals surface area (Å²) in [7, 11) is 0. The molecule has 142 valence electrons. The zero-order chi connectivity index (χ0) is 16.2. The molecule has 1 amide bonds. The Kier molecular flexibility index (Phi) is 9.04. The lowest BCUT2D eigenvalue weighted by Gasteiger charge is -2.41. The first-order valence-electron chi connectivity index (χ1n) is 8.98. The normalized spacial score (nSPS) is 24.1. The van der Waals surface area contributed by atoms with Crippen molar-refractivity contribution in [2.24, 2.45) is 5.92 Å². The predicted molar refractivity (Wildman–Crippen MR) is 109 cm³/mol. The second-order valence-corrected chi connectivity index (χ2v) is 7.25. The van der Waals surface area contributed by atoms with Gasteiger partial charge in [-0.25, -0.2) is 0 Å². The summed E-state index contributed by atoms with van der Waals surface area (Å²) in [5.41, 5.74) is 7.49. The van der Waals surface area contributed by atoms with Crippen molar-refractivity contribution in [2.45, 2.75) is 45.1 Å². The number of nitrogen functional groups attached to an aromatic ring is 1. The van der Waals surface area contributed by atoms with Crippen LogP contribution < -0.4 is 5.73 Å². The quantitative estimate of drug-likeness (QED) is 0.808. The highest BCUT2D eigenvalue weighted by atomic mass is 35.5. The summed E-state index contributed by atoms with van der Waals surface area (Å²) in [6, 6.07) is 8.38. The van der Waals surface area contributed by atoms with Crippen LogP contribution >= 0.6 is 24.8 Å². The van der Waals surface area contributed by atoms with Crippen LogP contribution in [-0.2, 0) is 11.2 Å². The predicted octanol–water partition coefficient (Wildman–Crippen LogP) is 3.38. The molecule has 0 atom stereocenters. The number of nitrogens with two attached hydrogens (primary N) is 1. The van der Waals surface area contributed by atoms with Crippen LogP contribution in [0.1, 0.15) is 38.2 Å². The average molecular weight is 388 g/mol. The van der Waals surface area contributed by atoms with Crippen molar-refractivity contribution in [2.75, 3.05) is 31.9 Å². The number of carbonyl (C=O) groups excluding carboxylic acids is 1. The van der Waals surface area contributed by atoms with Gasteiger partial charge in [0.15, 0.2) is 0 Å². The Labute approximate surface area is 163 Å². The second-order valence-electron chi connectivity index (χ2n) is 7.25. The van der Waals surface area contributed by atoms with Gasteiger partial charge in [-0.15, -0.1) is 24.8 Å². The van der Waals surface area contributed by atoms with Crippen molar-refractivity contribution in [3.05, 3.63) is 29.8 Å². The number of nitrogens with zero attached hydrogens (tertiary/aromatic N) is 2. The highest BCUT2D eigenvalue weighted by Crippen LogP contribution is 2.27. The van der Waals surface area contributed by atoms with Crippen LogP contribution in [0.15, 0.2) is 24.3 Å². The van der Waals surface area contributed by atoms with Crippen molar-refractivity contribution in [3.63, 3.8) is 0 Å². The van der Waals surface area contributed by atoms with Gasteiger partial charge in [-0.05, 0) is 49.3 Å². The molecule has 0 aromatic heterocycles. The Balaban J connectivity index is 0.00000156. The number of rotatable bonds is 3. The molecule has 0 unspecified atom stereocenters. The zero-order valence-electron chi connectivity index (χ0n) is 15.0. The van der Waals surface area contributed by atoms with Gasteiger partial charge in [0.05, 0.1) is 6.42 Å². The Morgan fingerprint density at radius 1 is 1.00 bits per heavy atom. The van der Waals surface area contributed by atoms with E-state index in [0.717, 1.165) is 49.4 Å². The molecule has 1 saturated heterocycles. The molecule has 1 aliphatic heterocycles. The Bertz CT molecular complexity index is 522. The van der Waals surface area contributed by atoms with Crippen LogP contribution in [-0.4, -0.2) is 47.9 Å². The van der Waals surface area contributed by atoms with E-state index in [9.17, 15) is 4.79 Å². The maximum absolute atomic E-state index is 12.5. The molecule has 2 N–H and O–H groups in total. The lowest BCUT2D eigenvalue weighted by atomic mass is 9.86. The number of hydrogen-bond acceptors (Lipinski definition) is 3. The molecule has 4 nitrogen and oxygen atoms in total. The van der Waals surface area contributed by atoms with Crippen LogP contribution in [0.2, 0.25) is 0 Å². The summed E-state index contributed by atoms with van der Waals surface area (Å²) in [6.45, 7) is 6.18. The van der Waals surface area contributed by atoms with Crippen molar-refractivity contribution in [1.29, 1.82) is 0 Å². The summed E-state index contributed by atoms with van der Waals surface area (Å²) in [6.07, 6.45) is 5.88. The first-order chi connectivity index (χ1) is 11.1. The summed E-state index contributed by atoms with van der Waals surface area (Å²) < 4.78 is 0. The van der Waals surface area contributed by atoms with E-state index in [-0.39, 0.29) is 30.7 Å². The zero-order valence-corrected chi connectivity index (χ0v) is 16.7. The summed E-state index contributed by atoms with van der Waals surface area (Å²) in [5, 5.41) is 0. The minimum Gasteiger partial charge on any atom is -0.399 e. The number of benzene rings is 1. The number of piperazine rings is 1. The van der Waals surface area contributed by atoms with E-state index in [2.05, 4.69) is 11.8 Å². The maximum atomic E-state index is 12.5. The minimum atomic E-state index is 0. The SMILES string of the molecule is CC1CCC(N2CCN(C(=O)Cc3ccc(N)cc3)CC2)CC1.Cl.Cl. The second kappa shape index (κ2) is 10.2. The monoisotopic (exact) mass is 387 g/mol. The minimum absolute atomic E-state index is 0. The van der Waals surface area contributed by atoms with Crippen LogP contribution in [0.3, 0.4) is 0 Å². The van der Waals surface area contributed by atoms with E-state index in [1.165, 1.54) is 25.7 Å². The third-order valence-corrected chi connectivity index (χ3v) is 5.50. The Morgan fingerprint density at radius 3 is 2.12 bits per heavy atom. The summed E-state index contributed by atoms with van der Waals surface area (Å²) in [5.74, 6) is 1.14. The lowest BCUT2D eigenvalue weighted by molar-refractivity contribution is -0.132. The average Bonchev–Trinajstić information content (AvgIpc) is 2.58. The largest absolute Gasteiger partial charge is 0.399 e. The van der Waals surface area contributed by atoms with Crippen molar-refractivity contribution >= 4 is 36.4 Å². The fourth-order valence-corrected chi connectivity index (χ4v) is 3.87. The first kappa shape index (κ1) is 22.1. The summed E-state index contributed by atoms with van der Waals surface area (Å²) in [4.78, 5) is 17.1. The lowest BCUT2D eigenvalue weighted by Crippen LogP contribution is -2.52. The van der Waals surface area contributed by atoms with Gasteiger partial charge in [0.25, 0.3) is 0 Å².